The van der Waals surface area contributed by atoms with Crippen LogP contribution in [0, 0.1) is 5.41 Å². The van der Waals surface area contributed by atoms with E-state index in [1.165, 1.54) is 19.9 Å². The highest BCUT2D eigenvalue weighted by Crippen LogP contribution is 2.17. The van der Waals surface area contributed by atoms with Crippen molar-refractivity contribution >= 4 is 17.8 Å². The van der Waals surface area contributed by atoms with E-state index in [1.807, 2.05) is 30.3 Å². The third-order valence-corrected chi connectivity index (χ3v) is 2.46. The molecule has 0 bridgehead atoms. The van der Waals surface area contributed by atoms with Gasteiger partial charge in [0.2, 0.25) is 5.91 Å². The van der Waals surface area contributed by atoms with Gasteiger partial charge in [-0.3, -0.25) is 9.59 Å². The lowest BCUT2D eigenvalue weighted by atomic mass is 9.87. The Balaban J connectivity index is 2.80. The number of nitrogens with two attached hydrogens (primary N) is 1. The molecule has 0 aliphatic rings. The summed E-state index contributed by atoms with van der Waals surface area (Å²) in [6.45, 7) is 3.04. The summed E-state index contributed by atoms with van der Waals surface area (Å²) in [6.07, 6.45) is 3.06. The van der Waals surface area contributed by atoms with Gasteiger partial charge in [0.25, 0.3) is 0 Å². The fraction of sp³-hybridized carbons (Fsp3) is 0.231. The van der Waals surface area contributed by atoms with Crippen molar-refractivity contribution in [3.05, 3.63) is 42.0 Å². The zero-order chi connectivity index (χ0) is 12.2. The Kier molecular flexibility index (Phi) is 3.61. The number of carbonyl (C=O) groups excluding carboxylic acids is 2. The smallest absolute Gasteiger partial charge is 0.230 e. The molecule has 1 aromatic carbocycles. The molecule has 0 unspecified atom stereocenters. The first-order valence-corrected chi connectivity index (χ1v) is 5.02. The quantitative estimate of drug-likeness (QED) is 0.617. The van der Waals surface area contributed by atoms with Crippen molar-refractivity contribution in [2.45, 2.75) is 13.8 Å². The van der Waals surface area contributed by atoms with E-state index in [0.29, 0.717) is 0 Å². The van der Waals surface area contributed by atoms with Gasteiger partial charge < -0.3 is 5.73 Å². The van der Waals surface area contributed by atoms with Gasteiger partial charge in [-0.25, -0.2) is 0 Å². The van der Waals surface area contributed by atoms with Crippen molar-refractivity contribution in [2.75, 3.05) is 0 Å². The summed E-state index contributed by atoms with van der Waals surface area (Å²) < 4.78 is 0. The van der Waals surface area contributed by atoms with Gasteiger partial charge in [-0.1, -0.05) is 36.4 Å². The Morgan fingerprint density at radius 2 is 1.75 bits per heavy atom. The number of ketones is 1. The van der Waals surface area contributed by atoms with Crippen LogP contribution in [-0.2, 0) is 9.59 Å². The van der Waals surface area contributed by atoms with E-state index in [2.05, 4.69) is 0 Å². The molecule has 0 atom stereocenters. The molecule has 3 heteroatoms. The first-order valence-electron chi connectivity index (χ1n) is 5.02. The number of benzene rings is 1. The van der Waals surface area contributed by atoms with Crippen LogP contribution >= 0.6 is 0 Å². The molecule has 0 radical (unpaired) electrons. The van der Waals surface area contributed by atoms with Gasteiger partial charge in [0.1, 0.15) is 5.41 Å². The van der Waals surface area contributed by atoms with E-state index in [0.717, 1.165) is 5.56 Å². The standard InChI is InChI=1S/C13H15NO2/c1-13(2,12(14)16)11(15)9-8-10-6-4-3-5-7-10/h3-9H,1-2H3,(H2,14,16). The summed E-state index contributed by atoms with van der Waals surface area (Å²) >= 11 is 0. The highest BCUT2D eigenvalue weighted by molar-refractivity contribution is 6.11. The Hall–Kier alpha value is -1.90. The van der Waals surface area contributed by atoms with Crippen LogP contribution in [0.5, 0.6) is 0 Å². The Labute approximate surface area is 95.0 Å². The third kappa shape index (κ3) is 2.79. The molecule has 84 valence electrons. The van der Waals surface area contributed by atoms with Crippen LogP contribution < -0.4 is 5.73 Å². The van der Waals surface area contributed by atoms with E-state index in [9.17, 15) is 9.59 Å². The maximum atomic E-state index is 11.7. The van der Waals surface area contributed by atoms with Crippen molar-refractivity contribution < 1.29 is 9.59 Å². The number of hydrogen-bond donors (Lipinski definition) is 1. The van der Waals surface area contributed by atoms with Crippen molar-refractivity contribution in [3.63, 3.8) is 0 Å². The van der Waals surface area contributed by atoms with Gasteiger partial charge in [-0.15, -0.1) is 0 Å². The molecular weight excluding hydrogens is 202 g/mol. The second kappa shape index (κ2) is 4.75. The molecule has 1 rings (SSSR count). The lowest BCUT2D eigenvalue weighted by Crippen LogP contribution is -2.37. The summed E-state index contributed by atoms with van der Waals surface area (Å²) in [4.78, 5) is 22.7. The average Bonchev–Trinajstić information content (AvgIpc) is 2.27. The van der Waals surface area contributed by atoms with Crippen LogP contribution in [0.1, 0.15) is 19.4 Å². The van der Waals surface area contributed by atoms with Gasteiger partial charge in [-0.05, 0) is 25.5 Å². The van der Waals surface area contributed by atoms with E-state index >= 15 is 0 Å². The topological polar surface area (TPSA) is 60.2 Å². The van der Waals surface area contributed by atoms with E-state index in [1.54, 1.807) is 6.08 Å². The summed E-state index contributed by atoms with van der Waals surface area (Å²) in [5, 5.41) is 0. The van der Waals surface area contributed by atoms with Crippen LogP contribution in [0.25, 0.3) is 6.08 Å². The molecule has 0 aliphatic carbocycles. The molecule has 0 fully saturated rings. The van der Waals surface area contributed by atoms with Gasteiger partial charge in [-0.2, -0.15) is 0 Å². The minimum absolute atomic E-state index is 0.288. The van der Waals surface area contributed by atoms with E-state index < -0.39 is 11.3 Å². The lowest BCUT2D eigenvalue weighted by Gasteiger charge is -2.15. The molecule has 1 amide bonds. The van der Waals surface area contributed by atoms with Crippen LogP contribution in [0.3, 0.4) is 0 Å². The average molecular weight is 217 g/mol. The molecule has 0 saturated carbocycles. The molecule has 0 aliphatic heterocycles. The molecule has 0 aromatic heterocycles. The van der Waals surface area contributed by atoms with Crippen molar-refractivity contribution in [3.8, 4) is 0 Å². The highest BCUT2D eigenvalue weighted by Gasteiger charge is 2.31. The monoisotopic (exact) mass is 217 g/mol. The van der Waals surface area contributed by atoms with Gasteiger partial charge in [0.15, 0.2) is 5.78 Å². The molecule has 2 N–H and O–H groups in total. The summed E-state index contributed by atoms with van der Waals surface area (Å²) in [7, 11) is 0. The predicted octanol–water partition coefficient (Wildman–Crippen LogP) is 1.78. The molecule has 0 heterocycles. The predicted molar refractivity (Wildman–Crippen MR) is 63.5 cm³/mol. The molecular formula is C13H15NO2. The van der Waals surface area contributed by atoms with E-state index in [4.69, 9.17) is 5.73 Å². The van der Waals surface area contributed by atoms with Crippen LogP contribution in [0.2, 0.25) is 0 Å². The van der Waals surface area contributed by atoms with E-state index in [-0.39, 0.29) is 5.78 Å². The molecule has 0 saturated heterocycles. The van der Waals surface area contributed by atoms with Gasteiger partial charge in [0, 0.05) is 0 Å². The van der Waals surface area contributed by atoms with Crippen LogP contribution in [-0.4, -0.2) is 11.7 Å². The third-order valence-electron chi connectivity index (χ3n) is 2.46. The first-order chi connectivity index (χ1) is 7.44. The normalized spacial score (nSPS) is 11.6. The Morgan fingerprint density at radius 1 is 1.19 bits per heavy atom. The van der Waals surface area contributed by atoms with Crippen LogP contribution in [0.15, 0.2) is 36.4 Å². The number of allylic oxidation sites excluding steroid dienone is 1. The van der Waals surface area contributed by atoms with Crippen molar-refractivity contribution in [1.29, 1.82) is 0 Å². The molecule has 1 aromatic rings. The van der Waals surface area contributed by atoms with Crippen molar-refractivity contribution in [1.82, 2.24) is 0 Å². The minimum atomic E-state index is -1.15. The fourth-order valence-corrected chi connectivity index (χ4v) is 1.07. The summed E-state index contributed by atoms with van der Waals surface area (Å²) in [5.74, 6) is -0.904. The Bertz CT molecular complexity index is 419. The maximum absolute atomic E-state index is 11.7. The molecule has 3 nitrogen and oxygen atoms in total. The number of carbonyl (C=O) groups is 2. The second-order valence-corrected chi connectivity index (χ2v) is 4.10. The summed E-state index contributed by atoms with van der Waals surface area (Å²) in [5.41, 5.74) is 4.91. The lowest BCUT2D eigenvalue weighted by molar-refractivity contribution is -0.135. The second-order valence-electron chi connectivity index (χ2n) is 4.10. The number of hydrogen-bond acceptors (Lipinski definition) is 2. The number of primary amides is 1. The van der Waals surface area contributed by atoms with Crippen molar-refractivity contribution in [2.24, 2.45) is 11.1 Å². The molecule has 0 spiro atoms. The van der Waals surface area contributed by atoms with Gasteiger partial charge in [0.05, 0.1) is 0 Å². The minimum Gasteiger partial charge on any atom is -0.369 e. The van der Waals surface area contributed by atoms with Gasteiger partial charge >= 0.3 is 0 Å². The number of amides is 1. The first kappa shape index (κ1) is 12.2. The Morgan fingerprint density at radius 3 is 2.25 bits per heavy atom. The fourth-order valence-electron chi connectivity index (χ4n) is 1.07. The zero-order valence-corrected chi connectivity index (χ0v) is 9.44. The highest BCUT2D eigenvalue weighted by atomic mass is 16.2. The van der Waals surface area contributed by atoms with Crippen LogP contribution in [0.4, 0.5) is 0 Å². The SMILES string of the molecule is CC(C)(C(N)=O)C(=O)C=Cc1ccccc1. The largest absolute Gasteiger partial charge is 0.369 e. The molecule has 16 heavy (non-hydrogen) atoms. The zero-order valence-electron chi connectivity index (χ0n) is 9.44. The number of rotatable bonds is 4. The summed E-state index contributed by atoms with van der Waals surface area (Å²) in [6, 6.07) is 9.40. The maximum Gasteiger partial charge on any atom is 0.230 e.